The first kappa shape index (κ1) is 15.6. The lowest BCUT2D eigenvalue weighted by molar-refractivity contribution is 0.343. The molecule has 0 radical (unpaired) electrons. The van der Waals surface area contributed by atoms with E-state index in [4.69, 9.17) is 0 Å². The maximum absolute atomic E-state index is 11.7. The van der Waals surface area contributed by atoms with Crippen molar-refractivity contribution >= 4 is 35.9 Å². The first-order valence-electron chi connectivity index (χ1n) is 4.97. The smallest absolute Gasteiger partial charge is 0.264 e. The molecular formula is C10H13BrO5S2. The molecule has 8 heteroatoms. The van der Waals surface area contributed by atoms with Crippen LogP contribution in [0.2, 0.25) is 0 Å². The van der Waals surface area contributed by atoms with Gasteiger partial charge in [-0.25, -0.2) is 8.42 Å². The highest BCUT2D eigenvalue weighted by Gasteiger charge is 2.13. The molecule has 0 aliphatic rings. The summed E-state index contributed by atoms with van der Waals surface area (Å²) in [5.41, 5.74) is 0.651. The van der Waals surface area contributed by atoms with Gasteiger partial charge in [-0.05, 0) is 17.7 Å². The van der Waals surface area contributed by atoms with E-state index < -0.39 is 20.0 Å². The molecule has 0 amide bonds. The van der Waals surface area contributed by atoms with Gasteiger partial charge in [-0.2, -0.15) is 8.42 Å². The second kappa shape index (κ2) is 6.14. The average Bonchev–Trinajstić information content (AvgIpc) is 2.18. The first-order chi connectivity index (χ1) is 8.18. The van der Waals surface area contributed by atoms with Crippen LogP contribution in [0.15, 0.2) is 28.7 Å². The normalized spacial score (nSPS) is 12.6. The fourth-order valence-corrected chi connectivity index (χ4v) is 3.16. The Kier molecular flexibility index (Phi) is 5.32. The lowest BCUT2D eigenvalue weighted by Gasteiger charge is -2.04. The zero-order chi connectivity index (χ0) is 13.8. The third kappa shape index (κ3) is 6.48. The van der Waals surface area contributed by atoms with Crippen molar-refractivity contribution in [3.63, 3.8) is 0 Å². The molecule has 0 saturated heterocycles. The van der Waals surface area contributed by atoms with Gasteiger partial charge in [0.2, 0.25) is 0 Å². The molecule has 0 atom stereocenters. The molecule has 18 heavy (non-hydrogen) atoms. The zero-order valence-corrected chi connectivity index (χ0v) is 12.9. The number of halogens is 1. The van der Waals surface area contributed by atoms with Crippen molar-refractivity contribution in [1.82, 2.24) is 0 Å². The molecular weight excluding hydrogens is 344 g/mol. The third-order valence-electron chi connectivity index (χ3n) is 1.99. The Hall–Kier alpha value is -0.440. The molecule has 102 valence electrons. The quantitative estimate of drug-likeness (QED) is 0.718. The van der Waals surface area contributed by atoms with Gasteiger partial charge in [0.05, 0.1) is 24.4 Å². The molecule has 0 N–H and O–H groups in total. The van der Waals surface area contributed by atoms with Gasteiger partial charge in [-0.3, -0.25) is 4.18 Å². The predicted molar refractivity (Wildman–Crippen MR) is 72.4 cm³/mol. The molecule has 0 aromatic heterocycles. The summed E-state index contributed by atoms with van der Waals surface area (Å²) in [4.78, 5) is 0. The van der Waals surface area contributed by atoms with Crippen molar-refractivity contribution in [1.29, 1.82) is 0 Å². The maximum Gasteiger partial charge on any atom is 0.264 e. The molecule has 1 aromatic rings. The summed E-state index contributed by atoms with van der Waals surface area (Å²) >= 11 is 3.25. The lowest BCUT2D eigenvalue weighted by atomic mass is 10.2. The molecule has 0 saturated carbocycles. The minimum Gasteiger partial charge on any atom is -0.269 e. The maximum atomic E-state index is 11.7. The van der Waals surface area contributed by atoms with Crippen molar-refractivity contribution < 1.29 is 21.0 Å². The fourth-order valence-electron chi connectivity index (χ4n) is 1.22. The Balaban J connectivity index is 2.57. The van der Waals surface area contributed by atoms with Crippen molar-refractivity contribution in [3.05, 3.63) is 34.3 Å². The van der Waals surface area contributed by atoms with E-state index in [-0.39, 0.29) is 18.1 Å². The van der Waals surface area contributed by atoms with Crippen LogP contribution in [0, 0.1) is 0 Å². The second-order valence-electron chi connectivity index (χ2n) is 3.74. The SMILES string of the molecule is CS(=O)(=O)OCCS(=O)(=O)Cc1ccc(Br)cc1. The summed E-state index contributed by atoms with van der Waals surface area (Å²) in [6.07, 6.45) is 0.883. The van der Waals surface area contributed by atoms with E-state index in [0.29, 0.717) is 5.56 Å². The molecule has 1 rings (SSSR count). The van der Waals surface area contributed by atoms with Crippen LogP contribution in [0.3, 0.4) is 0 Å². The van der Waals surface area contributed by atoms with E-state index in [1.54, 1.807) is 24.3 Å². The van der Waals surface area contributed by atoms with Crippen molar-refractivity contribution in [2.45, 2.75) is 5.75 Å². The summed E-state index contributed by atoms with van der Waals surface area (Å²) in [5, 5.41) is 0. The lowest BCUT2D eigenvalue weighted by Crippen LogP contribution is -2.16. The molecule has 0 heterocycles. The molecule has 0 aliphatic carbocycles. The van der Waals surface area contributed by atoms with E-state index in [1.807, 2.05) is 0 Å². The predicted octanol–water partition coefficient (Wildman–Crippen LogP) is 1.34. The standard InChI is InChI=1S/C10H13BrO5S2/c1-17(12,13)16-6-7-18(14,15)8-9-2-4-10(11)5-3-9/h2-5H,6-8H2,1H3. The van der Waals surface area contributed by atoms with E-state index >= 15 is 0 Å². The molecule has 0 unspecified atom stereocenters. The number of rotatable bonds is 6. The second-order valence-corrected chi connectivity index (χ2v) is 8.49. The van der Waals surface area contributed by atoms with Crippen molar-refractivity contribution in [2.24, 2.45) is 0 Å². The highest BCUT2D eigenvalue weighted by molar-refractivity contribution is 9.10. The van der Waals surface area contributed by atoms with Crippen LogP contribution >= 0.6 is 15.9 Å². The van der Waals surface area contributed by atoms with Gasteiger partial charge in [0, 0.05) is 4.47 Å². The molecule has 0 fully saturated rings. The highest BCUT2D eigenvalue weighted by Crippen LogP contribution is 2.13. The fraction of sp³-hybridized carbons (Fsp3) is 0.400. The summed E-state index contributed by atoms with van der Waals surface area (Å²) in [7, 11) is -6.97. The van der Waals surface area contributed by atoms with Crippen LogP contribution in [0.5, 0.6) is 0 Å². The topological polar surface area (TPSA) is 77.5 Å². The third-order valence-corrected chi connectivity index (χ3v) is 4.68. The number of hydrogen-bond acceptors (Lipinski definition) is 5. The Bertz CT molecular complexity index is 590. The first-order valence-corrected chi connectivity index (χ1v) is 9.40. The van der Waals surface area contributed by atoms with Crippen LogP contribution in [0.25, 0.3) is 0 Å². The Labute approximate surface area is 115 Å². The molecule has 0 aliphatic heterocycles. The van der Waals surface area contributed by atoms with Gasteiger partial charge in [-0.1, -0.05) is 28.1 Å². The van der Waals surface area contributed by atoms with Gasteiger partial charge in [0.25, 0.3) is 10.1 Å². The Morgan fingerprint density at radius 1 is 1.11 bits per heavy atom. The van der Waals surface area contributed by atoms with E-state index in [1.165, 1.54) is 0 Å². The average molecular weight is 357 g/mol. The summed E-state index contributed by atoms with van der Waals surface area (Å²) < 4.78 is 50.0. The van der Waals surface area contributed by atoms with Gasteiger partial charge >= 0.3 is 0 Å². The Morgan fingerprint density at radius 3 is 2.17 bits per heavy atom. The van der Waals surface area contributed by atoms with Crippen LogP contribution in [0.4, 0.5) is 0 Å². The van der Waals surface area contributed by atoms with Crippen molar-refractivity contribution in [2.75, 3.05) is 18.6 Å². The van der Waals surface area contributed by atoms with Gasteiger partial charge in [0.1, 0.15) is 0 Å². The minimum atomic E-state index is -3.60. The minimum absolute atomic E-state index is 0.132. The van der Waals surface area contributed by atoms with Crippen LogP contribution in [-0.2, 0) is 29.9 Å². The van der Waals surface area contributed by atoms with E-state index in [0.717, 1.165) is 10.7 Å². The van der Waals surface area contributed by atoms with E-state index in [9.17, 15) is 16.8 Å². The summed E-state index contributed by atoms with van der Waals surface area (Å²) in [5.74, 6) is -0.455. The van der Waals surface area contributed by atoms with Crippen LogP contribution in [-0.4, -0.2) is 35.5 Å². The number of hydrogen-bond donors (Lipinski definition) is 0. The van der Waals surface area contributed by atoms with Gasteiger partial charge < -0.3 is 0 Å². The molecule has 1 aromatic carbocycles. The highest BCUT2D eigenvalue weighted by atomic mass is 79.9. The monoisotopic (exact) mass is 356 g/mol. The number of sulfone groups is 1. The zero-order valence-electron chi connectivity index (χ0n) is 9.67. The van der Waals surface area contributed by atoms with Crippen molar-refractivity contribution in [3.8, 4) is 0 Å². The molecule has 0 bridgehead atoms. The molecule has 5 nitrogen and oxygen atoms in total. The van der Waals surface area contributed by atoms with Gasteiger partial charge in [0.15, 0.2) is 9.84 Å². The molecule has 0 spiro atoms. The van der Waals surface area contributed by atoms with Crippen LogP contribution in [0.1, 0.15) is 5.56 Å². The largest absolute Gasteiger partial charge is 0.269 e. The van der Waals surface area contributed by atoms with E-state index in [2.05, 4.69) is 20.1 Å². The Morgan fingerprint density at radius 2 is 1.67 bits per heavy atom. The summed E-state index contributed by atoms with van der Waals surface area (Å²) in [6.45, 7) is -0.350. The number of benzene rings is 1. The van der Waals surface area contributed by atoms with Gasteiger partial charge in [-0.15, -0.1) is 0 Å². The summed E-state index contributed by atoms with van der Waals surface area (Å²) in [6, 6.07) is 6.88. The van der Waals surface area contributed by atoms with Crippen LogP contribution < -0.4 is 0 Å².